The summed E-state index contributed by atoms with van der Waals surface area (Å²) in [5, 5.41) is 0. The van der Waals surface area contributed by atoms with Gasteiger partial charge in [-0.15, -0.1) is 11.8 Å². The van der Waals surface area contributed by atoms with Crippen molar-refractivity contribution in [2.24, 2.45) is 5.92 Å². The molecule has 2 aromatic carbocycles. The van der Waals surface area contributed by atoms with Crippen LogP contribution in [0.15, 0.2) is 53.4 Å². The van der Waals surface area contributed by atoms with Crippen LogP contribution in [0.25, 0.3) is 5.57 Å². The molecule has 0 unspecified atom stereocenters. The lowest BCUT2D eigenvalue weighted by molar-refractivity contribution is -0.119. The number of amides is 2. The summed E-state index contributed by atoms with van der Waals surface area (Å²) in [5.74, 6) is 1.67. The average molecular weight is 412 g/mol. The standard InChI is InChI=1S/C23H25NO4S/c1-5-29-21-20(16-10-12-17(13-11-16)28-14-15(2)3)22(25)24(23(21)26)18-8-6-7-9-19(18)27-4/h6-13,15H,5,14H2,1-4H3. The molecule has 0 radical (unpaired) electrons. The van der Waals surface area contributed by atoms with E-state index in [0.717, 1.165) is 5.75 Å². The Bertz CT molecular complexity index is 934. The number of para-hydroxylation sites is 2. The Morgan fingerprint density at radius 2 is 1.69 bits per heavy atom. The molecule has 6 heteroatoms. The molecule has 0 bridgehead atoms. The van der Waals surface area contributed by atoms with E-state index in [2.05, 4.69) is 13.8 Å². The van der Waals surface area contributed by atoms with E-state index < -0.39 is 0 Å². The minimum Gasteiger partial charge on any atom is -0.495 e. The fraction of sp³-hybridized carbons (Fsp3) is 0.304. The lowest BCUT2D eigenvalue weighted by atomic mass is 10.1. The van der Waals surface area contributed by atoms with Crippen LogP contribution in [0.3, 0.4) is 0 Å². The third kappa shape index (κ3) is 4.32. The number of anilines is 1. The molecule has 152 valence electrons. The first-order valence-corrected chi connectivity index (χ1v) is 10.6. The van der Waals surface area contributed by atoms with Gasteiger partial charge in [-0.2, -0.15) is 0 Å². The Kier molecular flexibility index (Phi) is 6.64. The van der Waals surface area contributed by atoms with Crippen LogP contribution >= 0.6 is 11.8 Å². The van der Waals surface area contributed by atoms with Gasteiger partial charge in [0.2, 0.25) is 0 Å². The van der Waals surface area contributed by atoms with E-state index in [1.165, 1.54) is 23.8 Å². The van der Waals surface area contributed by atoms with Gasteiger partial charge in [0.25, 0.3) is 11.8 Å². The lowest BCUT2D eigenvalue weighted by Gasteiger charge is -2.18. The van der Waals surface area contributed by atoms with Crippen LogP contribution in [0.2, 0.25) is 0 Å². The van der Waals surface area contributed by atoms with E-state index >= 15 is 0 Å². The number of hydrogen-bond acceptors (Lipinski definition) is 5. The van der Waals surface area contributed by atoms with Gasteiger partial charge in [0.05, 0.1) is 29.9 Å². The Hall–Kier alpha value is -2.73. The highest BCUT2D eigenvalue weighted by atomic mass is 32.2. The van der Waals surface area contributed by atoms with Crippen LogP contribution in [0.4, 0.5) is 5.69 Å². The zero-order chi connectivity index (χ0) is 21.0. The number of imide groups is 1. The first-order chi connectivity index (χ1) is 14.0. The fourth-order valence-electron chi connectivity index (χ4n) is 3.06. The van der Waals surface area contributed by atoms with Crippen LogP contribution < -0.4 is 14.4 Å². The van der Waals surface area contributed by atoms with Crippen molar-refractivity contribution in [3.63, 3.8) is 0 Å². The third-order valence-corrected chi connectivity index (χ3v) is 5.34. The number of hydrogen-bond donors (Lipinski definition) is 0. The molecular formula is C23H25NO4S. The number of thioether (sulfide) groups is 1. The van der Waals surface area contributed by atoms with Gasteiger partial charge in [-0.25, -0.2) is 4.90 Å². The fourth-order valence-corrected chi connectivity index (χ4v) is 3.91. The van der Waals surface area contributed by atoms with E-state index in [4.69, 9.17) is 9.47 Å². The minimum absolute atomic E-state index is 0.318. The molecular weight excluding hydrogens is 386 g/mol. The summed E-state index contributed by atoms with van der Waals surface area (Å²) in [6, 6.07) is 14.4. The van der Waals surface area contributed by atoms with Crippen LogP contribution in [0.1, 0.15) is 26.3 Å². The second kappa shape index (κ2) is 9.18. The van der Waals surface area contributed by atoms with E-state index in [0.29, 0.717) is 45.8 Å². The summed E-state index contributed by atoms with van der Waals surface area (Å²) in [5.41, 5.74) is 1.57. The Balaban J connectivity index is 1.97. The highest BCUT2D eigenvalue weighted by molar-refractivity contribution is 8.04. The van der Waals surface area contributed by atoms with Crippen molar-refractivity contribution in [1.82, 2.24) is 0 Å². The SMILES string of the molecule is CCSC1=C(c2ccc(OCC(C)C)cc2)C(=O)N(c2ccccc2OC)C1=O. The van der Waals surface area contributed by atoms with E-state index in [1.54, 1.807) is 24.3 Å². The van der Waals surface area contributed by atoms with Crippen LogP contribution in [0, 0.1) is 5.92 Å². The predicted octanol–water partition coefficient (Wildman–Crippen LogP) is 4.77. The molecule has 2 amide bonds. The molecule has 0 aromatic heterocycles. The zero-order valence-electron chi connectivity index (χ0n) is 17.1. The molecule has 29 heavy (non-hydrogen) atoms. The van der Waals surface area contributed by atoms with Gasteiger partial charge in [0.15, 0.2) is 0 Å². The minimum atomic E-state index is -0.341. The molecule has 0 spiro atoms. The molecule has 0 saturated heterocycles. The quantitative estimate of drug-likeness (QED) is 0.586. The summed E-state index contributed by atoms with van der Waals surface area (Å²) in [7, 11) is 1.52. The van der Waals surface area contributed by atoms with Gasteiger partial charge < -0.3 is 9.47 Å². The van der Waals surface area contributed by atoms with Gasteiger partial charge in [0, 0.05) is 0 Å². The Morgan fingerprint density at radius 1 is 1.00 bits per heavy atom. The average Bonchev–Trinajstić information content (AvgIpc) is 2.96. The smallest absolute Gasteiger partial charge is 0.272 e. The number of carbonyl (C=O) groups is 2. The first kappa shape index (κ1) is 21.0. The number of carbonyl (C=O) groups excluding carboxylic acids is 2. The van der Waals surface area contributed by atoms with Crippen molar-refractivity contribution < 1.29 is 19.1 Å². The van der Waals surface area contributed by atoms with Crippen molar-refractivity contribution >= 4 is 34.8 Å². The Labute approximate surface area is 175 Å². The van der Waals surface area contributed by atoms with E-state index in [1.807, 2.05) is 31.2 Å². The molecule has 2 aromatic rings. The van der Waals surface area contributed by atoms with Crippen molar-refractivity contribution in [2.75, 3.05) is 24.4 Å². The number of ether oxygens (including phenoxy) is 2. The maximum atomic E-state index is 13.3. The van der Waals surface area contributed by atoms with Crippen molar-refractivity contribution in [3.8, 4) is 11.5 Å². The maximum Gasteiger partial charge on any atom is 0.272 e. The number of rotatable bonds is 8. The molecule has 0 fully saturated rings. The van der Waals surface area contributed by atoms with Crippen molar-refractivity contribution in [1.29, 1.82) is 0 Å². The van der Waals surface area contributed by atoms with Crippen LogP contribution in [0.5, 0.6) is 11.5 Å². The second-order valence-electron chi connectivity index (χ2n) is 6.98. The normalized spacial score (nSPS) is 14.2. The number of nitrogens with zero attached hydrogens (tertiary/aromatic N) is 1. The van der Waals surface area contributed by atoms with Gasteiger partial charge in [-0.3, -0.25) is 9.59 Å². The predicted molar refractivity (Wildman–Crippen MR) is 117 cm³/mol. The highest BCUT2D eigenvalue weighted by Gasteiger charge is 2.41. The van der Waals surface area contributed by atoms with E-state index in [9.17, 15) is 9.59 Å². The van der Waals surface area contributed by atoms with Crippen molar-refractivity contribution in [2.45, 2.75) is 20.8 Å². The van der Waals surface area contributed by atoms with E-state index in [-0.39, 0.29) is 11.8 Å². The Morgan fingerprint density at radius 3 is 2.31 bits per heavy atom. The summed E-state index contributed by atoms with van der Waals surface area (Å²) < 4.78 is 11.1. The summed E-state index contributed by atoms with van der Waals surface area (Å²) in [4.78, 5) is 28.1. The van der Waals surface area contributed by atoms with Gasteiger partial charge >= 0.3 is 0 Å². The molecule has 1 aliphatic heterocycles. The lowest BCUT2D eigenvalue weighted by Crippen LogP contribution is -2.31. The molecule has 0 saturated carbocycles. The number of methoxy groups -OCH3 is 1. The van der Waals surface area contributed by atoms with Gasteiger partial charge in [-0.1, -0.05) is 45.0 Å². The van der Waals surface area contributed by atoms with Crippen molar-refractivity contribution in [3.05, 3.63) is 59.0 Å². The topological polar surface area (TPSA) is 55.8 Å². The monoisotopic (exact) mass is 411 g/mol. The third-order valence-electron chi connectivity index (χ3n) is 4.38. The largest absolute Gasteiger partial charge is 0.495 e. The first-order valence-electron chi connectivity index (χ1n) is 9.60. The summed E-state index contributed by atoms with van der Waals surface area (Å²) >= 11 is 1.38. The van der Waals surface area contributed by atoms with Gasteiger partial charge in [-0.05, 0) is 41.5 Å². The number of benzene rings is 2. The summed E-state index contributed by atoms with van der Waals surface area (Å²) in [6.45, 7) is 6.75. The van der Waals surface area contributed by atoms with Gasteiger partial charge in [0.1, 0.15) is 11.5 Å². The molecule has 0 N–H and O–H groups in total. The molecule has 0 atom stereocenters. The molecule has 1 heterocycles. The maximum absolute atomic E-state index is 13.3. The van der Waals surface area contributed by atoms with Crippen LogP contribution in [-0.2, 0) is 9.59 Å². The van der Waals surface area contributed by atoms with Crippen LogP contribution in [-0.4, -0.2) is 31.3 Å². The molecule has 3 rings (SSSR count). The molecule has 0 aliphatic carbocycles. The molecule has 1 aliphatic rings. The summed E-state index contributed by atoms with van der Waals surface area (Å²) in [6.07, 6.45) is 0. The molecule has 5 nitrogen and oxygen atoms in total. The second-order valence-corrected chi connectivity index (χ2v) is 8.26. The zero-order valence-corrected chi connectivity index (χ0v) is 17.9. The highest BCUT2D eigenvalue weighted by Crippen LogP contribution is 2.41.